The van der Waals surface area contributed by atoms with Gasteiger partial charge in [0.2, 0.25) is 11.8 Å². The first-order chi connectivity index (χ1) is 18.4. The standard InChI is InChI=1S/C30H36ClN3O4S/c1-6-27(30(36)32-21(2)3)33(19-24-13-15-25(31)16-14-24)29(35)20-34(28-10-8-7-9-23(28)5)39(37,38)26-17-11-22(4)12-18-26/h7-18,21,27H,6,19-20H2,1-5H3,(H,32,36). The van der Waals surface area contributed by atoms with E-state index in [1.54, 1.807) is 61.5 Å². The number of hydrogen-bond acceptors (Lipinski definition) is 4. The van der Waals surface area contributed by atoms with Gasteiger partial charge >= 0.3 is 0 Å². The van der Waals surface area contributed by atoms with E-state index in [9.17, 15) is 18.0 Å². The van der Waals surface area contributed by atoms with Crippen molar-refractivity contribution in [1.29, 1.82) is 0 Å². The first-order valence-corrected chi connectivity index (χ1v) is 14.7. The summed E-state index contributed by atoms with van der Waals surface area (Å²) in [5, 5.41) is 3.45. The molecule has 3 aromatic carbocycles. The second-order valence-electron chi connectivity index (χ2n) is 9.85. The van der Waals surface area contributed by atoms with Crippen LogP contribution in [0.2, 0.25) is 5.02 Å². The zero-order valence-electron chi connectivity index (χ0n) is 23.0. The summed E-state index contributed by atoms with van der Waals surface area (Å²) in [6, 6.07) is 19.7. The van der Waals surface area contributed by atoms with Gasteiger partial charge in [0, 0.05) is 17.6 Å². The monoisotopic (exact) mass is 569 g/mol. The van der Waals surface area contributed by atoms with Crippen LogP contribution in [0.4, 0.5) is 5.69 Å². The Balaban J connectivity index is 2.07. The third-order valence-corrected chi connectivity index (χ3v) is 8.38. The number of carbonyl (C=O) groups is 2. The van der Waals surface area contributed by atoms with Crippen LogP contribution in [0.5, 0.6) is 0 Å². The number of nitrogens with zero attached hydrogens (tertiary/aromatic N) is 2. The highest BCUT2D eigenvalue weighted by Crippen LogP contribution is 2.28. The number of rotatable bonds is 11. The fourth-order valence-corrected chi connectivity index (χ4v) is 5.89. The number of carbonyl (C=O) groups excluding carboxylic acids is 2. The van der Waals surface area contributed by atoms with Gasteiger partial charge in [-0.3, -0.25) is 13.9 Å². The van der Waals surface area contributed by atoms with E-state index in [1.807, 2.05) is 33.8 Å². The molecule has 0 aromatic heterocycles. The van der Waals surface area contributed by atoms with Crippen molar-refractivity contribution >= 4 is 39.1 Å². The molecular formula is C30H36ClN3O4S. The predicted octanol–water partition coefficient (Wildman–Crippen LogP) is 5.48. The molecule has 0 aliphatic carbocycles. The molecule has 7 nitrogen and oxygen atoms in total. The van der Waals surface area contributed by atoms with Gasteiger partial charge in [-0.2, -0.15) is 0 Å². The van der Waals surface area contributed by atoms with E-state index in [-0.39, 0.29) is 23.4 Å². The molecule has 0 saturated heterocycles. The molecule has 2 amide bonds. The number of anilines is 1. The normalized spacial score (nSPS) is 12.2. The zero-order chi connectivity index (χ0) is 28.7. The van der Waals surface area contributed by atoms with Gasteiger partial charge < -0.3 is 10.2 Å². The lowest BCUT2D eigenvalue weighted by molar-refractivity contribution is -0.140. The summed E-state index contributed by atoms with van der Waals surface area (Å²) < 4.78 is 29.0. The van der Waals surface area contributed by atoms with E-state index in [0.29, 0.717) is 22.7 Å². The highest BCUT2D eigenvalue weighted by molar-refractivity contribution is 7.92. The summed E-state index contributed by atoms with van der Waals surface area (Å²) in [6.45, 7) is 8.85. The van der Waals surface area contributed by atoms with Crippen LogP contribution >= 0.6 is 11.6 Å². The van der Waals surface area contributed by atoms with Crippen LogP contribution in [0.15, 0.2) is 77.7 Å². The van der Waals surface area contributed by atoms with Crippen molar-refractivity contribution in [2.75, 3.05) is 10.8 Å². The summed E-state index contributed by atoms with van der Waals surface area (Å²) in [5.41, 5.74) is 2.79. The molecule has 1 N–H and O–H groups in total. The van der Waals surface area contributed by atoms with Crippen LogP contribution in [0, 0.1) is 13.8 Å². The SMILES string of the molecule is CCC(C(=O)NC(C)C)N(Cc1ccc(Cl)cc1)C(=O)CN(c1ccccc1C)S(=O)(=O)c1ccc(C)cc1. The molecule has 39 heavy (non-hydrogen) atoms. The number of halogens is 1. The molecule has 0 bridgehead atoms. The van der Waals surface area contributed by atoms with E-state index in [0.717, 1.165) is 15.4 Å². The number of sulfonamides is 1. The minimum absolute atomic E-state index is 0.0815. The molecule has 3 rings (SSSR count). The number of aryl methyl sites for hydroxylation is 2. The van der Waals surface area contributed by atoms with Gasteiger partial charge in [-0.15, -0.1) is 0 Å². The molecule has 0 fully saturated rings. The van der Waals surface area contributed by atoms with Crippen molar-refractivity contribution in [3.05, 3.63) is 94.5 Å². The number of amides is 2. The van der Waals surface area contributed by atoms with Crippen molar-refractivity contribution in [3.63, 3.8) is 0 Å². The first-order valence-electron chi connectivity index (χ1n) is 12.9. The number of para-hydroxylation sites is 1. The highest BCUT2D eigenvalue weighted by atomic mass is 35.5. The number of hydrogen-bond donors (Lipinski definition) is 1. The molecular weight excluding hydrogens is 534 g/mol. The summed E-state index contributed by atoms with van der Waals surface area (Å²) in [6.07, 6.45) is 0.354. The Morgan fingerprint density at radius 2 is 1.54 bits per heavy atom. The second-order valence-corrected chi connectivity index (χ2v) is 12.1. The third kappa shape index (κ3) is 7.61. The average Bonchev–Trinajstić information content (AvgIpc) is 2.88. The van der Waals surface area contributed by atoms with E-state index >= 15 is 0 Å². The molecule has 0 radical (unpaired) electrons. The summed E-state index contributed by atoms with van der Waals surface area (Å²) in [4.78, 5) is 28.8. The van der Waals surface area contributed by atoms with Crippen molar-refractivity contribution in [3.8, 4) is 0 Å². The lowest BCUT2D eigenvalue weighted by Crippen LogP contribution is -2.53. The van der Waals surface area contributed by atoms with Crippen LogP contribution < -0.4 is 9.62 Å². The lowest BCUT2D eigenvalue weighted by Gasteiger charge is -2.34. The summed E-state index contributed by atoms with van der Waals surface area (Å²) in [7, 11) is -4.10. The number of nitrogens with one attached hydrogen (secondary N) is 1. The lowest BCUT2D eigenvalue weighted by atomic mass is 10.1. The van der Waals surface area contributed by atoms with Gasteiger partial charge in [0.05, 0.1) is 10.6 Å². The van der Waals surface area contributed by atoms with Crippen LogP contribution in [-0.2, 0) is 26.2 Å². The Morgan fingerprint density at radius 3 is 2.10 bits per heavy atom. The van der Waals surface area contributed by atoms with Gasteiger partial charge in [0.15, 0.2) is 0 Å². The molecule has 9 heteroatoms. The minimum Gasteiger partial charge on any atom is -0.352 e. The average molecular weight is 570 g/mol. The third-order valence-electron chi connectivity index (χ3n) is 6.36. The van der Waals surface area contributed by atoms with Gasteiger partial charge in [-0.25, -0.2) is 8.42 Å². The largest absolute Gasteiger partial charge is 0.352 e. The molecule has 1 unspecified atom stereocenters. The molecule has 0 aliphatic rings. The zero-order valence-corrected chi connectivity index (χ0v) is 24.6. The Labute approximate surface area is 236 Å². The second kappa shape index (κ2) is 13.1. The summed E-state index contributed by atoms with van der Waals surface area (Å²) in [5.74, 6) is -0.784. The molecule has 3 aromatic rings. The van der Waals surface area contributed by atoms with Crippen LogP contribution in [0.1, 0.15) is 43.9 Å². The molecule has 208 valence electrons. The summed E-state index contributed by atoms with van der Waals surface area (Å²) >= 11 is 6.06. The number of benzene rings is 3. The molecule has 0 heterocycles. The van der Waals surface area contributed by atoms with Gasteiger partial charge in [-0.1, -0.05) is 66.6 Å². The topological polar surface area (TPSA) is 86.8 Å². The minimum atomic E-state index is -4.10. The van der Waals surface area contributed by atoms with E-state index < -0.39 is 28.5 Å². The first kappa shape index (κ1) is 30.2. The van der Waals surface area contributed by atoms with Gasteiger partial charge in [0.25, 0.3) is 10.0 Å². The van der Waals surface area contributed by atoms with Crippen molar-refractivity contribution < 1.29 is 18.0 Å². The van der Waals surface area contributed by atoms with Crippen molar-refractivity contribution in [2.45, 2.75) is 64.6 Å². The molecule has 0 saturated carbocycles. The van der Waals surface area contributed by atoms with Gasteiger partial charge in [0.1, 0.15) is 12.6 Å². The maximum atomic E-state index is 14.0. The van der Waals surface area contributed by atoms with Crippen LogP contribution in [0.25, 0.3) is 0 Å². The van der Waals surface area contributed by atoms with E-state index in [4.69, 9.17) is 11.6 Å². The Kier molecular flexibility index (Phi) is 10.2. The predicted molar refractivity (Wildman–Crippen MR) is 156 cm³/mol. The van der Waals surface area contributed by atoms with Crippen LogP contribution in [-0.4, -0.2) is 43.8 Å². The van der Waals surface area contributed by atoms with Gasteiger partial charge in [-0.05, 0) is 75.6 Å². The Hall–Kier alpha value is -3.36. The molecule has 1 atom stereocenters. The Bertz CT molecular complexity index is 1390. The van der Waals surface area contributed by atoms with Crippen molar-refractivity contribution in [1.82, 2.24) is 10.2 Å². The highest BCUT2D eigenvalue weighted by Gasteiger charge is 2.34. The quantitative estimate of drug-likeness (QED) is 0.331. The van der Waals surface area contributed by atoms with E-state index in [2.05, 4.69) is 5.32 Å². The molecule has 0 spiro atoms. The fourth-order valence-electron chi connectivity index (χ4n) is 4.28. The van der Waals surface area contributed by atoms with Crippen molar-refractivity contribution in [2.24, 2.45) is 0 Å². The molecule has 0 aliphatic heterocycles. The smallest absolute Gasteiger partial charge is 0.264 e. The maximum absolute atomic E-state index is 14.0. The maximum Gasteiger partial charge on any atom is 0.264 e. The van der Waals surface area contributed by atoms with Crippen LogP contribution in [0.3, 0.4) is 0 Å². The Morgan fingerprint density at radius 1 is 0.923 bits per heavy atom. The fraction of sp³-hybridized carbons (Fsp3) is 0.333. The van der Waals surface area contributed by atoms with E-state index in [1.165, 1.54) is 17.0 Å².